The summed E-state index contributed by atoms with van der Waals surface area (Å²) in [7, 11) is 1.48. The number of hydrogen-bond acceptors (Lipinski definition) is 8. The molecule has 1 aromatic carbocycles. The van der Waals surface area contributed by atoms with Gasteiger partial charge in [-0.1, -0.05) is 24.3 Å². The van der Waals surface area contributed by atoms with Gasteiger partial charge < -0.3 is 24.8 Å². The highest BCUT2D eigenvalue weighted by Gasteiger charge is 2.36. The molecule has 2 saturated heterocycles. The lowest BCUT2D eigenvalue weighted by molar-refractivity contribution is -0.0139. The minimum atomic E-state index is -0.605. The molecule has 9 nitrogen and oxygen atoms in total. The number of carbonyl (C=O) groups excluding carboxylic acids is 1. The van der Waals surface area contributed by atoms with Crippen molar-refractivity contribution in [1.82, 2.24) is 19.8 Å². The van der Waals surface area contributed by atoms with Crippen molar-refractivity contribution in [2.75, 3.05) is 45.3 Å². The quantitative estimate of drug-likeness (QED) is 0.710. The van der Waals surface area contributed by atoms with Crippen LogP contribution in [0.15, 0.2) is 30.3 Å². The van der Waals surface area contributed by atoms with Crippen molar-refractivity contribution in [3.63, 3.8) is 0 Å². The van der Waals surface area contributed by atoms with Gasteiger partial charge in [-0.25, -0.2) is 0 Å². The van der Waals surface area contributed by atoms with E-state index in [-0.39, 0.29) is 36.2 Å². The van der Waals surface area contributed by atoms with Gasteiger partial charge in [0, 0.05) is 38.3 Å². The fraction of sp³-hybridized carbons (Fsp3) is 0.522. The summed E-state index contributed by atoms with van der Waals surface area (Å²) < 4.78 is 10.4. The van der Waals surface area contributed by atoms with Gasteiger partial charge in [0.2, 0.25) is 0 Å². The molecule has 1 aromatic heterocycles. The molecule has 0 aliphatic carbocycles. The SMILES string of the molecule is COc1nc(NC2COC2)cc(C(=O)N2CC[C@H](N3CCc4ccccc4C3)[C@@H](O)C2)n1. The molecule has 3 aliphatic rings. The molecular formula is C23H29N5O4. The number of likely N-dealkylation sites (tertiary alicyclic amines) is 1. The molecule has 2 aromatic rings. The highest BCUT2D eigenvalue weighted by atomic mass is 16.5. The lowest BCUT2D eigenvalue weighted by Gasteiger charge is -2.43. The lowest BCUT2D eigenvalue weighted by Crippen LogP contribution is -2.56. The Morgan fingerprint density at radius 1 is 1.22 bits per heavy atom. The van der Waals surface area contributed by atoms with Crippen molar-refractivity contribution in [3.05, 3.63) is 47.2 Å². The van der Waals surface area contributed by atoms with Crippen LogP contribution in [-0.4, -0.2) is 88.9 Å². The van der Waals surface area contributed by atoms with Crippen molar-refractivity contribution in [1.29, 1.82) is 0 Å². The summed E-state index contributed by atoms with van der Waals surface area (Å²) in [5.41, 5.74) is 2.98. The Hall–Kier alpha value is -2.75. The minimum Gasteiger partial charge on any atom is -0.467 e. The zero-order valence-electron chi connectivity index (χ0n) is 18.2. The minimum absolute atomic E-state index is 0.0446. The van der Waals surface area contributed by atoms with Crippen molar-refractivity contribution in [2.45, 2.75) is 37.6 Å². The first-order chi connectivity index (χ1) is 15.6. The van der Waals surface area contributed by atoms with E-state index in [0.29, 0.717) is 25.6 Å². The topological polar surface area (TPSA) is 100 Å². The lowest BCUT2D eigenvalue weighted by atomic mass is 9.94. The van der Waals surface area contributed by atoms with Gasteiger partial charge in [-0.2, -0.15) is 9.97 Å². The monoisotopic (exact) mass is 439 g/mol. The predicted molar refractivity (Wildman–Crippen MR) is 118 cm³/mol. The smallest absolute Gasteiger partial charge is 0.318 e. The second-order valence-corrected chi connectivity index (χ2v) is 8.67. The number of β-amino-alcohol motifs (C(OH)–C–C–N with tert-alkyl or cyclic N) is 1. The number of aliphatic hydroxyl groups excluding tert-OH is 1. The first-order valence-electron chi connectivity index (χ1n) is 11.2. The fourth-order valence-electron chi connectivity index (χ4n) is 4.72. The molecule has 0 unspecified atom stereocenters. The highest BCUT2D eigenvalue weighted by Crippen LogP contribution is 2.26. The number of hydrogen-bond donors (Lipinski definition) is 2. The molecule has 2 fully saturated rings. The molecule has 0 bridgehead atoms. The number of piperidine rings is 1. The molecule has 4 heterocycles. The fourth-order valence-corrected chi connectivity index (χ4v) is 4.72. The molecule has 1 amide bonds. The summed E-state index contributed by atoms with van der Waals surface area (Å²) in [6.45, 7) is 3.84. The van der Waals surface area contributed by atoms with E-state index in [4.69, 9.17) is 9.47 Å². The Morgan fingerprint density at radius 3 is 2.75 bits per heavy atom. The number of ether oxygens (including phenoxy) is 2. The zero-order valence-corrected chi connectivity index (χ0v) is 18.2. The summed E-state index contributed by atoms with van der Waals surface area (Å²) in [5, 5.41) is 14.2. The Kier molecular flexibility index (Phi) is 5.95. The van der Waals surface area contributed by atoms with Crippen LogP contribution in [0.3, 0.4) is 0 Å². The predicted octanol–water partition coefficient (Wildman–Crippen LogP) is 0.930. The Bertz CT molecular complexity index is 983. The van der Waals surface area contributed by atoms with Gasteiger partial charge in [0.15, 0.2) is 0 Å². The number of anilines is 1. The number of rotatable bonds is 5. The highest BCUT2D eigenvalue weighted by molar-refractivity contribution is 5.93. The van der Waals surface area contributed by atoms with Crippen LogP contribution in [0.4, 0.5) is 5.82 Å². The Morgan fingerprint density at radius 2 is 2.03 bits per heavy atom. The van der Waals surface area contributed by atoms with E-state index in [0.717, 1.165) is 25.9 Å². The van der Waals surface area contributed by atoms with E-state index in [1.54, 1.807) is 11.0 Å². The van der Waals surface area contributed by atoms with Gasteiger partial charge in [-0.15, -0.1) is 0 Å². The third-order valence-electron chi connectivity index (χ3n) is 6.56. The number of amides is 1. The normalized spacial score (nSPS) is 23.9. The van der Waals surface area contributed by atoms with E-state index >= 15 is 0 Å². The van der Waals surface area contributed by atoms with Gasteiger partial charge in [0.1, 0.15) is 11.5 Å². The van der Waals surface area contributed by atoms with Crippen LogP contribution < -0.4 is 10.1 Å². The summed E-state index contributed by atoms with van der Waals surface area (Å²) in [5.74, 6) is 0.316. The maximum absolute atomic E-state index is 13.2. The third-order valence-corrected chi connectivity index (χ3v) is 6.56. The van der Waals surface area contributed by atoms with E-state index in [9.17, 15) is 9.90 Å². The van der Waals surface area contributed by atoms with Crippen LogP contribution in [0.2, 0.25) is 0 Å². The molecule has 2 atom stereocenters. The largest absolute Gasteiger partial charge is 0.467 e. The van der Waals surface area contributed by atoms with Gasteiger partial charge in [0.05, 0.1) is 32.5 Å². The summed E-state index contributed by atoms with van der Waals surface area (Å²) in [4.78, 5) is 25.7. The standard InChI is InChI=1S/C23H29N5O4/c1-31-23-25-18(10-21(26-23)24-17-13-32-14-17)22(30)28-9-7-19(20(29)12-28)27-8-6-15-4-2-3-5-16(15)11-27/h2-5,10,17,19-20,29H,6-9,11-14H2,1H3,(H,24,25,26)/t19-,20-/m0/s1. The maximum atomic E-state index is 13.2. The molecule has 2 N–H and O–H groups in total. The van der Waals surface area contributed by atoms with Gasteiger partial charge in [-0.3, -0.25) is 9.69 Å². The van der Waals surface area contributed by atoms with Gasteiger partial charge >= 0.3 is 6.01 Å². The second-order valence-electron chi connectivity index (χ2n) is 8.67. The van der Waals surface area contributed by atoms with Gasteiger partial charge in [0.25, 0.3) is 5.91 Å². The van der Waals surface area contributed by atoms with Crippen molar-refractivity contribution < 1.29 is 19.4 Å². The number of aromatic nitrogens is 2. The van der Waals surface area contributed by atoms with Crippen molar-refractivity contribution in [2.24, 2.45) is 0 Å². The van der Waals surface area contributed by atoms with Crippen LogP contribution in [0.25, 0.3) is 0 Å². The number of benzene rings is 1. The molecular weight excluding hydrogens is 410 g/mol. The number of nitrogens with zero attached hydrogens (tertiary/aromatic N) is 4. The van der Waals surface area contributed by atoms with Gasteiger partial charge in [-0.05, 0) is 24.0 Å². The molecule has 0 saturated carbocycles. The van der Waals surface area contributed by atoms with E-state index in [2.05, 4.69) is 44.5 Å². The summed E-state index contributed by atoms with van der Waals surface area (Å²) in [6, 6.07) is 10.5. The van der Waals surface area contributed by atoms with Crippen LogP contribution in [-0.2, 0) is 17.7 Å². The Balaban J connectivity index is 1.25. The average Bonchev–Trinajstić information content (AvgIpc) is 2.80. The molecule has 0 radical (unpaired) electrons. The van der Waals surface area contributed by atoms with E-state index in [1.807, 2.05) is 0 Å². The molecule has 170 valence electrons. The number of carbonyl (C=O) groups is 1. The number of fused-ring (bicyclic) bond motifs is 1. The van der Waals surface area contributed by atoms with Crippen LogP contribution >= 0.6 is 0 Å². The average molecular weight is 440 g/mol. The Labute approximate surface area is 187 Å². The number of methoxy groups -OCH3 is 1. The van der Waals surface area contributed by atoms with Crippen LogP contribution in [0.1, 0.15) is 28.0 Å². The second kappa shape index (κ2) is 9.01. The first-order valence-corrected chi connectivity index (χ1v) is 11.2. The molecule has 5 rings (SSSR count). The number of nitrogens with one attached hydrogen (secondary N) is 1. The van der Waals surface area contributed by atoms with Crippen LogP contribution in [0, 0.1) is 0 Å². The molecule has 3 aliphatic heterocycles. The summed E-state index contributed by atoms with van der Waals surface area (Å²) >= 11 is 0. The van der Waals surface area contributed by atoms with E-state index in [1.165, 1.54) is 18.2 Å². The summed E-state index contributed by atoms with van der Waals surface area (Å²) in [6.07, 6.45) is 1.11. The van der Waals surface area contributed by atoms with E-state index < -0.39 is 6.10 Å². The maximum Gasteiger partial charge on any atom is 0.318 e. The van der Waals surface area contributed by atoms with Crippen molar-refractivity contribution in [3.8, 4) is 6.01 Å². The number of aliphatic hydroxyl groups is 1. The first kappa shape index (κ1) is 21.1. The third kappa shape index (κ3) is 4.28. The van der Waals surface area contributed by atoms with Crippen LogP contribution in [0.5, 0.6) is 6.01 Å². The van der Waals surface area contributed by atoms with Crippen molar-refractivity contribution >= 4 is 11.7 Å². The molecule has 9 heteroatoms. The zero-order chi connectivity index (χ0) is 22.1. The molecule has 32 heavy (non-hydrogen) atoms. The molecule has 0 spiro atoms.